The van der Waals surface area contributed by atoms with Crippen LogP contribution in [0.25, 0.3) is 0 Å². The van der Waals surface area contributed by atoms with E-state index in [1.807, 2.05) is 6.08 Å². The number of fused-ring (bicyclic) bond motifs is 1. The lowest BCUT2D eigenvalue weighted by Gasteiger charge is -2.43. The molecule has 0 unspecified atom stereocenters. The highest BCUT2D eigenvalue weighted by atomic mass is 16.4. The van der Waals surface area contributed by atoms with E-state index < -0.39 is 23.6 Å². The van der Waals surface area contributed by atoms with Gasteiger partial charge in [-0.05, 0) is 99.5 Å². The number of allylic oxidation sites excluding steroid dienone is 3. The fraction of sp³-hybridized carbons (Fsp3) is 0.794. The van der Waals surface area contributed by atoms with E-state index in [9.17, 15) is 25.2 Å². The molecule has 41 heavy (non-hydrogen) atoms. The molecule has 3 aliphatic carbocycles. The van der Waals surface area contributed by atoms with Gasteiger partial charge in [0, 0.05) is 12.5 Å². The van der Waals surface area contributed by atoms with Gasteiger partial charge >= 0.3 is 5.97 Å². The van der Waals surface area contributed by atoms with Gasteiger partial charge in [0.25, 0.3) is 0 Å². The van der Waals surface area contributed by atoms with Crippen molar-refractivity contribution in [3.8, 4) is 0 Å². The Bertz CT molecular complexity index is 947. The third-order valence-corrected chi connectivity index (χ3v) is 10.8. The van der Waals surface area contributed by atoms with Crippen LogP contribution in [0.4, 0.5) is 0 Å². The molecule has 1 heterocycles. The van der Waals surface area contributed by atoms with Gasteiger partial charge in [0.2, 0.25) is 0 Å². The van der Waals surface area contributed by atoms with Gasteiger partial charge in [-0.2, -0.15) is 0 Å². The number of carboxylic acid groups (broad SMARTS) is 1. The van der Waals surface area contributed by atoms with Gasteiger partial charge < -0.3 is 31.5 Å². The molecule has 0 aromatic heterocycles. The summed E-state index contributed by atoms with van der Waals surface area (Å²) < 4.78 is 0. The zero-order chi connectivity index (χ0) is 29.4. The molecule has 232 valence electrons. The van der Waals surface area contributed by atoms with Crippen LogP contribution in [0.2, 0.25) is 0 Å². The van der Waals surface area contributed by atoms with Crippen LogP contribution in [0.15, 0.2) is 35.7 Å². The predicted molar refractivity (Wildman–Crippen MR) is 163 cm³/mol. The number of aliphatic hydroxyl groups excluding tert-OH is 2. The molecule has 9 atom stereocenters. The van der Waals surface area contributed by atoms with Crippen molar-refractivity contribution < 1.29 is 25.2 Å². The zero-order valence-electron chi connectivity index (χ0n) is 25.2. The Hall–Kier alpha value is -1.83. The van der Waals surface area contributed by atoms with Crippen molar-refractivity contribution in [2.24, 2.45) is 41.2 Å². The Morgan fingerprint density at radius 3 is 2.66 bits per heavy atom. The predicted octanol–water partition coefficient (Wildman–Crippen LogP) is 5.41. The molecule has 7 N–H and O–H groups in total. The van der Waals surface area contributed by atoms with E-state index in [4.69, 9.17) is 5.73 Å². The normalized spacial score (nSPS) is 34.7. The molecule has 7 nitrogen and oxygen atoms in total. The number of rotatable bonds is 15. The summed E-state index contributed by atoms with van der Waals surface area (Å²) in [6.07, 6.45) is 21.8. The van der Waals surface area contributed by atoms with Gasteiger partial charge in [-0.1, -0.05) is 63.7 Å². The van der Waals surface area contributed by atoms with E-state index in [-0.39, 0.29) is 23.9 Å². The molecule has 4 aliphatic rings. The van der Waals surface area contributed by atoms with E-state index in [0.29, 0.717) is 30.5 Å². The van der Waals surface area contributed by atoms with Crippen LogP contribution in [0, 0.1) is 35.5 Å². The maximum absolute atomic E-state index is 12.2. The Labute approximate surface area is 247 Å². The highest BCUT2D eigenvalue weighted by molar-refractivity contribution is 5.70. The largest absolute Gasteiger partial charge is 0.481 e. The van der Waals surface area contributed by atoms with Gasteiger partial charge in [-0.3, -0.25) is 4.79 Å². The first-order valence-corrected chi connectivity index (χ1v) is 16.6. The number of nitrogens with one attached hydrogen (secondary N) is 1. The molecule has 0 spiro atoms. The van der Waals surface area contributed by atoms with E-state index in [1.165, 1.54) is 24.8 Å². The molecule has 0 radical (unpaired) electrons. The van der Waals surface area contributed by atoms with E-state index >= 15 is 0 Å². The quantitative estimate of drug-likeness (QED) is 0.114. The van der Waals surface area contributed by atoms with Crippen molar-refractivity contribution in [3.05, 3.63) is 35.7 Å². The summed E-state index contributed by atoms with van der Waals surface area (Å²) in [6, 6.07) is 0. The molecule has 2 saturated carbocycles. The lowest BCUT2D eigenvalue weighted by molar-refractivity contribution is -0.151. The Balaban J connectivity index is 1.20. The second kappa shape index (κ2) is 15.1. The molecule has 2 fully saturated rings. The minimum Gasteiger partial charge on any atom is -0.481 e. The smallest absolute Gasteiger partial charge is 0.309 e. The van der Waals surface area contributed by atoms with Gasteiger partial charge in [-0.15, -0.1) is 0 Å². The van der Waals surface area contributed by atoms with Crippen LogP contribution < -0.4 is 11.1 Å². The van der Waals surface area contributed by atoms with E-state index in [0.717, 1.165) is 77.2 Å². The number of dihydropyridines is 1. The lowest BCUT2D eigenvalue weighted by atomic mass is 9.66. The number of aliphatic hydroxyl groups is 3. The number of carboxylic acids is 1. The number of aliphatic carboxylic acids is 1. The second-order valence-corrected chi connectivity index (χ2v) is 13.7. The van der Waals surface area contributed by atoms with Crippen molar-refractivity contribution in [2.75, 3.05) is 6.54 Å². The molecule has 0 aromatic carbocycles. The molecule has 0 saturated heterocycles. The molecule has 0 aromatic rings. The molecular weight excluding hydrogens is 516 g/mol. The van der Waals surface area contributed by atoms with Crippen molar-refractivity contribution in [1.29, 1.82) is 0 Å². The van der Waals surface area contributed by atoms with Crippen molar-refractivity contribution in [2.45, 2.75) is 127 Å². The molecule has 4 rings (SSSR count). The van der Waals surface area contributed by atoms with E-state index in [2.05, 4.69) is 30.5 Å². The van der Waals surface area contributed by atoms with Crippen molar-refractivity contribution in [3.63, 3.8) is 0 Å². The van der Waals surface area contributed by atoms with Crippen LogP contribution >= 0.6 is 0 Å². The van der Waals surface area contributed by atoms with Crippen molar-refractivity contribution >= 4 is 5.97 Å². The molecule has 1 aliphatic heterocycles. The minimum atomic E-state index is -0.933. The first kappa shape index (κ1) is 32.1. The summed E-state index contributed by atoms with van der Waals surface area (Å²) in [5.41, 5.74) is 6.36. The van der Waals surface area contributed by atoms with Gasteiger partial charge in [0.15, 0.2) is 0 Å². The fourth-order valence-electron chi connectivity index (χ4n) is 8.40. The summed E-state index contributed by atoms with van der Waals surface area (Å²) >= 11 is 0. The van der Waals surface area contributed by atoms with Crippen LogP contribution in [0.3, 0.4) is 0 Å². The number of hydrogen-bond donors (Lipinski definition) is 6. The maximum Gasteiger partial charge on any atom is 0.309 e. The first-order chi connectivity index (χ1) is 19.7. The summed E-state index contributed by atoms with van der Waals surface area (Å²) in [5.74, 6) is 0.0598. The summed E-state index contributed by atoms with van der Waals surface area (Å²) in [7, 11) is 0. The summed E-state index contributed by atoms with van der Waals surface area (Å²) in [4.78, 5) is 12.2. The lowest BCUT2D eigenvalue weighted by Crippen LogP contribution is -2.46. The third-order valence-electron chi connectivity index (χ3n) is 10.8. The zero-order valence-corrected chi connectivity index (χ0v) is 25.2. The van der Waals surface area contributed by atoms with Crippen LogP contribution in [0.5, 0.6) is 0 Å². The number of unbranched alkanes of at least 4 members (excludes halogenated alkanes) is 4. The van der Waals surface area contributed by atoms with Crippen LogP contribution in [-0.4, -0.2) is 50.7 Å². The monoisotopic (exact) mass is 572 g/mol. The number of nitrogens with two attached hydrogens (primary N) is 1. The molecule has 0 amide bonds. The number of hydrogen-bond acceptors (Lipinski definition) is 6. The molecule has 7 heteroatoms. The SMILES string of the molecule is CCCCC[C@@H]1C=C[C@@H](CCCCC[C@H](C(=O)O)[C@H](O)[C@@H]2CC[C@H]3[C@H](CC4=CCNC(N)=C4)CC[C@]3(O)C2)[C@H](O)C1. The summed E-state index contributed by atoms with van der Waals surface area (Å²) in [6.45, 7) is 2.95. The standard InChI is InChI=1S/C34H56N2O5/c1-2-3-5-8-23-11-12-25(30(37)20-23)9-6-4-7-10-28(33(39)40)32(38)27-13-14-29-26(15-17-34(29,41)22-27)19-24-16-18-36-31(35)21-24/h11-12,16,21,23,25-30,32,36-38,41H,2-10,13-15,17-20,22,35H2,1H3,(H,39,40)/t23-,25-,26+,27-,28+,29+,30-,32-,34+/m1/s1. The topological polar surface area (TPSA) is 136 Å². The molecule has 0 bridgehead atoms. The maximum atomic E-state index is 12.2. The third kappa shape index (κ3) is 8.61. The average molecular weight is 573 g/mol. The second-order valence-electron chi connectivity index (χ2n) is 13.7. The first-order valence-electron chi connectivity index (χ1n) is 16.6. The van der Waals surface area contributed by atoms with Crippen LogP contribution in [0.1, 0.15) is 110 Å². The van der Waals surface area contributed by atoms with Crippen LogP contribution in [-0.2, 0) is 4.79 Å². The number of carbonyl (C=O) groups is 1. The minimum absolute atomic E-state index is 0.183. The van der Waals surface area contributed by atoms with Gasteiger partial charge in [0.05, 0.1) is 29.5 Å². The Morgan fingerprint density at radius 2 is 1.93 bits per heavy atom. The fourth-order valence-corrected chi connectivity index (χ4v) is 8.40. The Morgan fingerprint density at radius 1 is 1.12 bits per heavy atom. The van der Waals surface area contributed by atoms with Gasteiger partial charge in [0.1, 0.15) is 0 Å². The average Bonchev–Trinajstić information content (AvgIpc) is 3.26. The summed E-state index contributed by atoms with van der Waals surface area (Å²) in [5, 5.41) is 46.5. The van der Waals surface area contributed by atoms with Gasteiger partial charge in [-0.25, -0.2) is 0 Å². The van der Waals surface area contributed by atoms with Crippen molar-refractivity contribution in [1.82, 2.24) is 5.32 Å². The molecular formula is C34H56N2O5. The van der Waals surface area contributed by atoms with E-state index in [1.54, 1.807) is 0 Å². The Kier molecular flexibility index (Phi) is 11.8. The highest BCUT2D eigenvalue weighted by Gasteiger charge is 2.52. The highest BCUT2D eigenvalue weighted by Crippen LogP contribution is 2.53.